The van der Waals surface area contributed by atoms with E-state index in [-0.39, 0.29) is 5.91 Å². The van der Waals surface area contributed by atoms with E-state index in [1.807, 2.05) is 69.9 Å². The monoisotopic (exact) mass is 262 g/mol. The number of rotatable bonds is 5. The molecule has 0 unspecified atom stereocenters. The van der Waals surface area contributed by atoms with Gasteiger partial charge in [0, 0.05) is 18.6 Å². The van der Waals surface area contributed by atoms with Gasteiger partial charge in [0.1, 0.15) is 0 Å². The van der Waals surface area contributed by atoms with Crippen molar-refractivity contribution >= 4 is 5.91 Å². The molecule has 0 atom stereocenters. The van der Waals surface area contributed by atoms with Crippen LogP contribution in [-0.2, 0) is 11.3 Å². The lowest BCUT2D eigenvalue weighted by Gasteiger charge is -2.40. The van der Waals surface area contributed by atoms with Crippen LogP contribution in [0.1, 0.15) is 40.2 Å². The largest absolute Gasteiger partial charge is 0.338 e. The Balaban J connectivity index is 2.89. The zero-order chi connectivity index (χ0) is 14.7. The topological polar surface area (TPSA) is 46.3 Å². The molecule has 1 aromatic rings. The second-order valence-electron chi connectivity index (χ2n) is 6.15. The van der Waals surface area contributed by atoms with Crippen LogP contribution < -0.4 is 5.73 Å². The second kappa shape index (κ2) is 5.74. The summed E-state index contributed by atoms with van der Waals surface area (Å²) >= 11 is 0. The maximum absolute atomic E-state index is 12.7. The van der Waals surface area contributed by atoms with Gasteiger partial charge in [-0.15, -0.1) is 0 Å². The van der Waals surface area contributed by atoms with Crippen LogP contribution in [0.5, 0.6) is 0 Å². The van der Waals surface area contributed by atoms with E-state index >= 15 is 0 Å². The van der Waals surface area contributed by atoms with Gasteiger partial charge in [-0.2, -0.15) is 0 Å². The van der Waals surface area contributed by atoms with E-state index in [2.05, 4.69) is 0 Å². The number of carbonyl (C=O) groups is 1. The average Bonchev–Trinajstić information content (AvgIpc) is 2.35. The first-order valence-electron chi connectivity index (χ1n) is 6.82. The van der Waals surface area contributed by atoms with E-state index in [9.17, 15) is 4.79 Å². The Morgan fingerprint density at radius 2 is 1.68 bits per heavy atom. The van der Waals surface area contributed by atoms with E-state index in [0.717, 1.165) is 5.56 Å². The fraction of sp³-hybridized carbons (Fsp3) is 0.562. The minimum Gasteiger partial charge on any atom is -0.338 e. The fourth-order valence-electron chi connectivity index (χ4n) is 1.80. The molecule has 3 nitrogen and oxygen atoms in total. The lowest BCUT2D eigenvalue weighted by molar-refractivity contribution is -0.144. The van der Waals surface area contributed by atoms with Gasteiger partial charge in [-0.1, -0.05) is 30.3 Å². The third kappa shape index (κ3) is 3.57. The predicted octanol–water partition coefficient (Wildman–Crippen LogP) is 2.80. The number of nitrogens with zero attached hydrogens (tertiary/aromatic N) is 1. The molecule has 19 heavy (non-hydrogen) atoms. The lowest BCUT2D eigenvalue weighted by Crippen LogP contribution is -2.56. The summed E-state index contributed by atoms with van der Waals surface area (Å²) in [5, 5.41) is 0. The van der Waals surface area contributed by atoms with Gasteiger partial charge in [0.25, 0.3) is 0 Å². The molecule has 0 radical (unpaired) electrons. The van der Waals surface area contributed by atoms with Crippen molar-refractivity contribution in [1.29, 1.82) is 0 Å². The Hall–Kier alpha value is -1.35. The van der Waals surface area contributed by atoms with Gasteiger partial charge in [0.15, 0.2) is 0 Å². The Kier molecular flexibility index (Phi) is 4.75. The molecule has 0 bridgehead atoms. The molecule has 0 aliphatic rings. The first-order chi connectivity index (χ1) is 8.70. The zero-order valence-corrected chi connectivity index (χ0v) is 12.7. The first kappa shape index (κ1) is 15.7. The molecule has 0 aliphatic heterocycles. The summed E-state index contributed by atoms with van der Waals surface area (Å²) < 4.78 is 0. The maximum Gasteiger partial charge on any atom is 0.230 e. The molecule has 106 valence electrons. The maximum atomic E-state index is 12.7. The smallest absolute Gasteiger partial charge is 0.230 e. The number of carbonyl (C=O) groups excluding carboxylic acids is 1. The molecular formula is C16H26N2O. The Morgan fingerprint density at radius 3 is 2.11 bits per heavy atom. The molecule has 1 amide bonds. The van der Waals surface area contributed by atoms with Crippen molar-refractivity contribution in [3.05, 3.63) is 35.9 Å². The highest BCUT2D eigenvalue weighted by atomic mass is 16.2. The molecule has 0 aromatic heterocycles. The summed E-state index contributed by atoms with van der Waals surface area (Å²) in [5.41, 5.74) is 6.16. The number of nitrogens with two attached hydrogens (primary N) is 1. The molecule has 0 spiro atoms. The van der Waals surface area contributed by atoms with Gasteiger partial charge in [-0.05, 0) is 40.2 Å². The number of amides is 1. The number of hydrogen-bond acceptors (Lipinski definition) is 2. The summed E-state index contributed by atoms with van der Waals surface area (Å²) in [6, 6.07) is 10.0. The van der Waals surface area contributed by atoms with Crippen molar-refractivity contribution in [2.45, 2.75) is 46.7 Å². The molecule has 3 heteroatoms. The van der Waals surface area contributed by atoms with Gasteiger partial charge in [0.05, 0.1) is 5.41 Å². The SMILES string of the molecule is CCN(Cc1ccccc1)C(=O)C(C)(C)C(C)(C)N. The molecule has 2 N–H and O–H groups in total. The van der Waals surface area contributed by atoms with Gasteiger partial charge in [-0.3, -0.25) is 4.79 Å². The van der Waals surface area contributed by atoms with E-state index in [1.54, 1.807) is 0 Å². The minimum absolute atomic E-state index is 0.103. The lowest BCUT2D eigenvalue weighted by atomic mass is 9.74. The summed E-state index contributed by atoms with van der Waals surface area (Å²) in [6.07, 6.45) is 0. The molecule has 1 rings (SSSR count). The van der Waals surface area contributed by atoms with Crippen molar-refractivity contribution in [2.24, 2.45) is 11.1 Å². The van der Waals surface area contributed by atoms with Crippen LogP contribution in [0.25, 0.3) is 0 Å². The van der Waals surface area contributed by atoms with Crippen LogP contribution in [-0.4, -0.2) is 22.9 Å². The Labute approximate surface area is 116 Å². The van der Waals surface area contributed by atoms with Crippen LogP contribution in [0.15, 0.2) is 30.3 Å². The van der Waals surface area contributed by atoms with Gasteiger partial charge in [-0.25, -0.2) is 0 Å². The van der Waals surface area contributed by atoms with Crippen LogP contribution in [0.4, 0.5) is 0 Å². The Morgan fingerprint density at radius 1 is 1.16 bits per heavy atom. The van der Waals surface area contributed by atoms with Crippen LogP contribution in [0, 0.1) is 5.41 Å². The van der Waals surface area contributed by atoms with Crippen LogP contribution >= 0.6 is 0 Å². The third-order valence-electron chi connectivity index (χ3n) is 4.03. The first-order valence-corrected chi connectivity index (χ1v) is 6.82. The summed E-state index contributed by atoms with van der Waals surface area (Å²) in [7, 11) is 0. The highest BCUT2D eigenvalue weighted by molar-refractivity contribution is 5.83. The molecule has 0 fully saturated rings. The zero-order valence-electron chi connectivity index (χ0n) is 12.7. The van der Waals surface area contributed by atoms with Crippen molar-refractivity contribution in [1.82, 2.24) is 4.90 Å². The molecule has 0 saturated carbocycles. The quantitative estimate of drug-likeness (QED) is 0.887. The van der Waals surface area contributed by atoms with E-state index in [4.69, 9.17) is 5.73 Å². The molecule has 0 saturated heterocycles. The average molecular weight is 262 g/mol. The van der Waals surface area contributed by atoms with Crippen molar-refractivity contribution in [3.8, 4) is 0 Å². The normalized spacial score (nSPS) is 12.3. The summed E-state index contributed by atoms with van der Waals surface area (Å²) in [6.45, 7) is 11.0. The third-order valence-corrected chi connectivity index (χ3v) is 4.03. The fourth-order valence-corrected chi connectivity index (χ4v) is 1.80. The molecule has 0 heterocycles. The molecule has 1 aromatic carbocycles. The summed E-state index contributed by atoms with van der Waals surface area (Å²) in [4.78, 5) is 14.6. The standard InChI is InChI=1S/C16H26N2O/c1-6-18(12-13-10-8-7-9-11-13)14(19)15(2,3)16(4,5)17/h7-11H,6,12,17H2,1-5H3. The van der Waals surface area contributed by atoms with Gasteiger partial charge in [0.2, 0.25) is 5.91 Å². The minimum atomic E-state index is -0.586. The van der Waals surface area contributed by atoms with E-state index in [1.165, 1.54) is 0 Å². The molecule has 0 aliphatic carbocycles. The highest BCUT2D eigenvalue weighted by Crippen LogP contribution is 2.31. The van der Waals surface area contributed by atoms with Crippen molar-refractivity contribution in [2.75, 3.05) is 6.54 Å². The summed E-state index contributed by atoms with van der Waals surface area (Å²) in [5.74, 6) is 0.103. The predicted molar refractivity (Wildman–Crippen MR) is 79.6 cm³/mol. The van der Waals surface area contributed by atoms with Crippen LogP contribution in [0.3, 0.4) is 0 Å². The Bertz CT molecular complexity index is 418. The van der Waals surface area contributed by atoms with Gasteiger partial charge < -0.3 is 10.6 Å². The van der Waals surface area contributed by atoms with Crippen LogP contribution in [0.2, 0.25) is 0 Å². The van der Waals surface area contributed by atoms with Gasteiger partial charge >= 0.3 is 0 Å². The number of benzene rings is 1. The van der Waals surface area contributed by atoms with E-state index < -0.39 is 11.0 Å². The van der Waals surface area contributed by atoms with Crippen molar-refractivity contribution in [3.63, 3.8) is 0 Å². The van der Waals surface area contributed by atoms with Crippen molar-refractivity contribution < 1.29 is 4.79 Å². The second-order valence-corrected chi connectivity index (χ2v) is 6.15. The highest BCUT2D eigenvalue weighted by Gasteiger charge is 2.42. The number of hydrogen-bond donors (Lipinski definition) is 1. The molecular weight excluding hydrogens is 236 g/mol. The van der Waals surface area contributed by atoms with E-state index in [0.29, 0.717) is 13.1 Å².